The molecule has 3 nitrogen and oxygen atoms in total. The van der Waals surface area contributed by atoms with Crippen LogP contribution in [0.5, 0.6) is 0 Å². The Kier molecular flexibility index (Phi) is 3.93. The van der Waals surface area contributed by atoms with Crippen LogP contribution in [0.1, 0.15) is 11.1 Å². The highest BCUT2D eigenvalue weighted by Gasteiger charge is 2.04. The third kappa shape index (κ3) is 2.81. The van der Waals surface area contributed by atoms with Crippen LogP contribution in [0.3, 0.4) is 0 Å². The highest BCUT2D eigenvalue weighted by atomic mass is 32.2. The van der Waals surface area contributed by atoms with Crippen LogP contribution < -0.4 is 5.32 Å². The van der Waals surface area contributed by atoms with Gasteiger partial charge in [0.2, 0.25) is 0 Å². The van der Waals surface area contributed by atoms with Gasteiger partial charge in [-0.2, -0.15) is 0 Å². The van der Waals surface area contributed by atoms with Crippen molar-refractivity contribution in [3.05, 3.63) is 34.8 Å². The maximum Gasteiger partial charge on any atom is 0.178 e. The number of hydrogen-bond donors (Lipinski definition) is 1. The third-order valence-electron chi connectivity index (χ3n) is 2.16. The van der Waals surface area contributed by atoms with E-state index in [4.69, 9.17) is 0 Å². The van der Waals surface area contributed by atoms with E-state index >= 15 is 0 Å². The number of aryl methyl sites for hydroxylation is 1. The molecular weight excluding hydrogens is 238 g/mol. The lowest BCUT2D eigenvalue weighted by Crippen LogP contribution is -2.05. The van der Waals surface area contributed by atoms with Crippen LogP contribution in [0.4, 0.5) is 0 Å². The molecule has 84 valence electrons. The van der Waals surface area contributed by atoms with Crippen molar-refractivity contribution < 1.29 is 0 Å². The van der Waals surface area contributed by atoms with Gasteiger partial charge in [-0.05, 0) is 31.2 Å². The maximum atomic E-state index is 4.03. The fraction of sp³-hybridized carbons (Fsp3) is 0.273. The minimum atomic E-state index is 0.907. The Labute approximate surface area is 103 Å². The van der Waals surface area contributed by atoms with Gasteiger partial charge in [0.25, 0.3) is 0 Å². The number of nitrogens with one attached hydrogen (secondary N) is 1. The zero-order valence-corrected chi connectivity index (χ0v) is 10.9. The quantitative estimate of drug-likeness (QED) is 0.906. The van der Waals surface area contributed by atoms with Gasteiger partial charge in [-0.15, -0.1) is 10.2 Å². The monoisotopic (exact) mass is 251 g/mol. The molecule has 1 heterocycles. The zero-order valence-electron chi connectivity index (χ0n) is 9.23. The third-order valence-corrected chi connectivity index (χ3v) is 4.11. The first-order valence-corrected chi connectivity index (χ1v) is 6.67. The molecular formula is C11H13N3S2. The summed E-state index contributed by atoms with van der Waals surface area (Å²) in [5.41, 5.74) is 4.35. The molecule has 0 radical (unpaired) electrons. The molecule has 0 fully saturated rings. The fourth-order valence-corrected chi connectivity index (χ4v) is 2.94. The fourth-order valence-electron chi connectivity index (χ4n) is 1.44. The topological polar surface area (TPSA) is 37.8 Å². The van der Waals surface area contributed by atoms with Gasteiger partial charge in [-0.1, -0.05) is 35.2 Å². The Morgan fingerprint density at radius 3 is 2.94 bits per heavy atom. The molecule has 5 heteroatoms. The Morgan fingerprint density at radius 2 is 2.31 bits per heavy atom. The number of hydrogen-bond acceptors (Lipinski definition) is 5. The Hall–Kier alpha value is -0.910. The molecule has 0 aliphatic carbocycles. The molecule has 0 atom stereocenters. The largest absolute Gasteiger partial charge is 0.316 e. The first-order chi connectivity index (χ1) is 7.79. The maximum absolute atomic E-state index is 4.03. The second-order valence-electron chi connectivity index (χ2n) is 3.44. The van der Waals surface area contributed by atoms with E-state index in [0.717, 1.165) is 10.9 Å². The van der Waals surface area contributed by atoms with Gasteiger partial charge < -0.3 is 5.32 Å². The number of benzene rings is 1. The lowest BCUT2D eigenvalue weighted by Gasteiger charge is -2.06. The average molecular weight is 251 g/mol. The summed E-state index contributed by atoms with van der Waals surface area (Å²) in [4.78, 5) is 1.25. The summed E-state index contributed by atoms with van der Waals surface area (Å²) in [6.45, 7) is 3.03. The molecule has 2 aromatic rings. The van der Waals surface area contributed by atoms with E-state index in [1.165, 1.54) is 16.0 Å². The first-order valence-electron chi connectivity index (χ1n) is 4.98. The molecule has 1 aromatic heterocycles. The van der Waals surface area contributed by atoms with E-state index in [0.29, 0.717) is 0 Å². The van der Waals surface area contributed by atoms with Crippen molar-refractivity contribution in [2.75, 3.05) is 7.05 Å². The SMILES string of the molecule is CNCc1ccc(Sc2nncs2)c(C)c1. The van der Waals surface area contributed by atoms with E-state index in [1.807, 2.05) is 7.05 Å². The van der Waals surface area contributed by atoms with E-state index in [1.54, 1.807) is 28.6 Å². The van der Waals surface area contributed by atoms with Gasteiger partial charge >= 0.3 is 0 Å². The van der Waals surface area contributed by atoms with Crippen molar-refractivity contribution in [2.24, 2.45) is 0 Å². The molecule has 1 N–H and O–H groups in total. The lowest BCUT2D eigenvalue weighted by molar-refractivity contribution is 0.815. The molecule has 0 bridgehead atoms. The van der Waals surface area contributed by atoms with Crippen LogP contribution in [0, 0.1) is 6.92 Å². The van der Waals surface area contributed by atoms with Gasteiger partial charge in [0.05, 0.1) is 0 Å². The normalized spacial score (nSPS) is 10.6. The first kappa shape index (κ1) is 11.6. The summed E-state index contributed by atoms with van der Waals surface area (Å²) < 4.78 is 0.990. The number of rotatable bonds is 4. The molecule has 0 saturated carbocycles. The van der Waals surface area contributed by atoms with Crippen molar-refractivity contribution in [1.29, 1.82) is 0 Å². The van der Waals surface area contributed by atoms with Crippen LogP contribution in [0.15, 0.2) is 32.9 Å². The molecule has 1 aromatic carbocycles. The minimum Gasteiger partial charge on any atom is -0.316 e. The minimum absolute atomic E-state index is 0.907. The summed E-state index contributed by atoms with van der Waals surface area (Å²) in [5, 5.41) is 11.0. The number of aromatic nitrogens is 2. The van der Waals surface area contributed by atoms with Crippen molar-refractivity contribution in [2.45, 2.75) is 22.7 Å². The van der Waals surface area contributed by atoms with Crippen LogP contribution in [0.2, 0.25) is 0 Å². The second kappa shape index (κ2) is 5.43. The molecule has 0 aliphatic rings. The molecule has 0 unspecified atom stereocenters. The molecule has 16 heavy (non-hydrogen) atoms. The predicted octanol–water partition coefficient (Wildman–Crippen LogP) is 2.72. The highest BCUT2D eigenvalue weighted by Crippen LogP contribution is 2.31. The standard InChI is InChI=1S/C11H13N3S2/c1-8-5-9(6-12-2)3-4-10(8)16-11-14-13-7-15-11/h3-5,7,12H,6H2,1-2H3. The average Bonchev–Trinajstić information content (AvgIpc) is 2.75. The van der Waals surface area contributed by atoms with E-state index < -0.39 is 0 Å². The van der Waals surface area contributed by atoms with Crippen molar-refractivity contribution in [3.8, 4) is 0 Å². The van der Waals surface area contributed by atoms with Gasteiger partial charge in [0, 0.05) is 11.4 Å². The molecule has 0 spiro atoms. The summed E-state index contributed by atoms with van der Waals surface area (Å²) in [7, 11) is 1.96. The predicted molar refractivity (Wildman–Crippen MR) is 68.0 cm³/mol. The van der Waals surface area contributed by atoms with Crippen molar-refractivity contribution in [3.63, 3.8) is 0 Å². The van der Waals surface area contributed by atoms with Gasteiger partial charge in [0.1, 0.15) is 5.51 Å². The summed E-state index contributed by atoms with van der Waals surface area (Å²) >= 11 is 3.24. The van der Waals surface area contributed by atoms with Gasteiger partial charge in [-0.3, -0.25) is 0 Å². The zero-order chi connectivity index (χ0) is 11.4. The summed E-state index contributed by atoms with van der Waals surface area (Å²) in [6, 6.07) is 6.50. The van der Waals surface area contributed by atoms with E-state index in [2.05, 4.69) is 40.6 Å². The summed E-state index contributed by atoms with van der Waals surface area (Å²) in [5.74, 6) is 0. The van der Waals surface area contributed by atoms with Crippen molar-refractivity contribution in [1.82, 2.24) is 15.5 Å². The van der Waals surface area contributed by atoms with Gasteiger partial charge in [0.15, 0.2) is 4.34 Å². The summed E-state index contributed by atoms with van der Waals surface area (Å²) in [6.07, 6.45) is 0. The lowest BCUT2D eigenvalue weighted by atomic mass is 10.1. The highest BCUT2D eigenvalue weighted by molar-refractivity contribution is 8.01. The smallest absolute Gasteiger partial charge is 0.178 e. The van der Waals surface area contributed by atoms with Crippen molar-refractivity contribution >= 4 is 23.1 Å². The Bertz CT molecular complexity index is 454. The van der Waals surface area contributed by atoms with Crippen LogP contribution in [-0.4, -0.2) is 17.2 Å². The Balaban J connectivity index is 2.16. The second-order valence-corrected chi connectivity index (χ2v) is 5.56. The van der Waals surface area contributed by atoms with Gasteiger partial charge in [-0.25, -0.2) is 0 Å². The number of nitrogens with zero attached hydrogens (tertiary/aromatic N) is 2. The molecule has 0 aliphatic heterocycles. The molecule has 0 saturated heterocycles. The molecule has 0 amide bonds. The van der Waals surface area contributed by atoms with E-state index in [9.17, 15) is 0 Å². The van der Waals surface area contributed by atoms with Crippen LogP contribution >= 0.6 is 23.1 Å². The van der Waals surface area contributed by atoms with Crippen LogP contribution in [-0.2, 0) is 6.54 Å². The molecule has 2 rings (SSSR count). The Morgan fingerprint density at radius 1 is 1.44 bits per heavy atom. The van der Waals surface area contributed by atoms with E-state index in [-0.39, 0.29) is 0 Å². The van der Waals surface area contributed by atoms with Crippen LogP contribution in [0.25, 0.3) is 0 Å².